The molecular formula is C11H9BrClFN2O2S2. The van der Waals surface area contributed by atoms with E-state index in [1.807, 2.05) is 0 Å². The van der Waals surface area contributed by atoms with Gasteiger partial charge in [-0.1, -0.05) is 11.6 Å². The van der Waals surface area contributed by atoms with E-state index in [-0.39, 0.29) is 10.6 Å². The van der Waals surface area contributed by atoms with Gasteiger partial charge >= 0.3 is 0 Å². The first-order valence-electron chi connectivity index (χ1n) is 5.30. The maximum absolute atomic E-state index is 13.9. The average Bonchev–Trinajstić information content (AvgIpc) is 2.74. The van der Waals surface area contributed by atoms with E-state index in [9.17, 15) is 12.8 Å². The number of hydrogen-bond donors (Lipinski definition) is 1. The van der Waals surface area contributed by atoms with Crippen molar-refractivity contribution < 1.29 is 12.8 Å². The molecule has 0 bridgehead atoms. The Balaban J connectivity index is 2.23. The zero-order valence-electron chi connectivity index (χ0n) is 10.2. The van der Waals surface area contributed by atoms with Crippen molar-refractivity contribution in [2.75, 3.05) is 11.6 Å². The molecule has 4 nitrogen and oxygen atoms in total. The van der Waals surface area contributed by atoms with Gasteiger partial charge in [-0.05, 0) is 28.1 Å². The van der Waals surface area contributed by atoms with Crippen LogP contribution in [0.5, 0.6) is 0 Å². The van der Waals surface area contributed by atoms with Gasteiger partial charge in [-0.25, -0.2) is 17.8 Å². The molecule has 0 aliphatic heterocycles. The van der Waals surface area contributed by atoms with E-state index in [2.05, 4.69) is 26.2 Å². The van der Waals surface area contributed by atoms with Crippen LogP contribution in [0.25, 0.3) is 0 Å². The van der Waals surface area contributed by atoms with Gasteiger partial charge in [0, 0.05) is 21.8 Å². The number of benzene rings is 1. The van der Waals surface area contributed by atoms with Crippen molar-refractivity contribution in [3.05, 3.63) is 38.0 Å². The summed E-state index contributed by atoms with van der Waals surface area (Å²) in [7, 11) is -3.48. The number of nitrogens with one attached hydrogen (secondary N) is 1. The van der Waals surface area contributed by atoms with Crippen LogP contribution in [-0.2, 0) is 16.4 Å². The molecule has 1 N–H and O–H groups in total. The fourth-order valence-electron chi connectivity index (χ4n) is 1.50. The highest BCUT2D eigenvalue weighted by Crippen LogP contribution is 2.29. The summed E-state index contributed by atoms with van der Waals surface area (Å²) >= 11 is 10.1. The van der Waals surface area contributed by atoms with Crippen LogP contribution in [0.4, 0.5) is 10.1 Å². The number of rotatable bonds is 4. The fraction of sp³-hybridized carbons (Fsp3) is 0.182. The first kappa shape index (κ1) is 15.7. The molecule has 9 heteroatoms. The largest absolute Gasteiger partial charge is 0.378 e. The topological polar surface area (TPSA) is 59.1 Å². The second-order valence-electron chi connectivity index (χ2n) is 3.97. The molecule has 1 aromatic carbocycles. The first-order valence-corrected chi connectivity index (χ1v) is 9.18. The van der Waals surface area contributed by atoms with Gasteiger partial charge in [-0.15, -0.1) is 11.3 Å². The number of nitrogens with zero attached hydrogens (tertiary/aromatic N) is 1. The van der Waals surface area contributed by atoms with E-state index in [1.54, 1.807) is 6.20 Å². The third-order valence-electron chi connectivity index (χ3n) is 2.40. The molecule has 0 unspecified atom stereocenters. The maximum atomic E-state index is 13.9. The summed E-state index contributed by atoms with van der Waals surface area (Å²) in [6, 6.07) is 2.38. The number of thiazole rings is 1. The second kappa shape index (κ2) is 5.97. The molecule has 2 rings (SSSR count). The lowest BCUT2D eigenvalue weighted by atomic mass is 10.3. The summed E-state index contributed by atoms with van der Waals surface area (Å²) in [5, 5.41) is 2.87. The minimum Gasteiger partial charge on any atom is -0.378 e. The Morgan fingerprint density at radius 1 is 1.50 bits per heavy atom. The second-order valence-corrected chi connectivity index (χ2v) is 8.50. The van der Waals surface area contributed by atoms with Gasteiger partial charge in [0.15, 0.2) is 14.3 Å². The molecular weight excluding hydrogens is 391 g/mol. The van der Waals surface area contributed by atoms with Gasteiger partial charge in [0.2, 0.25) is 0 Å². The highest BCUT2D eigenvalue weighted by atomic mass is 79.9. The van der Waals surface area contributed by atoms with E-state index in [4.69, 9.17) is 11.6 Å². The predicted molar refractivity (Wildman–Crippen MR) is 81.7 cm³/mol. The lowest BCUT2D eigenvalue weighted by molar-refractivity contribution is 0.595. The zero-order chi connectivity index (χ0) is 14.9. The van der Waals surface area contributed by atoms with E-state index in [1.165, 1.54) is 17.4 Å². The Bertz CT molecular complexity index is 749. The summed E-state index contributed by atoms with van der Waals surface area (Å²) in [5.41, 5.74) is 0.203. The summed E-state index contributed by atoms with van der Waals surface area (Å²) in [6.07, 6.45) is 2.62. The Labute approximate surface area is 133 Å². The SMILES string of the molecule is CS(=O)(=O)c1cc(F)c(NCc2cnc(Cl)s2)cc1Br. The smallest absolute Gasteiger partial charge is 0.183 e. The van der Waals surface area contributed by atoms with Gasteiger partial charge in [0.05, 0.1) is 17.1 Å². The predicted octanol–water partition coefficient (Wildman–Crippen LogP) is 3.71. The average molecular weight is 400 g/mol. The normalized spacial score (nSPS) is 11.6. The molecule has 0 aliphatic carbocycles. The molecule has 0 aliphatic rings. The summed E-state index contributed by atoms with van der Waals surface area (Å²) in [4.78, 5) is 4.64. The van der Waals surface area contributed by atoms with Crippen molar-refractivity contribution >= 4 is 54.4 Å². The van der Waals surface area contributed by atoms with Crippen molar-refractivity contribution in [1.29, 1.82) is 0 Å². The standard InChI is InChI=1S/C11H9BrClFN2O2S2/c1-20(17,18)10-3-8(14)9(2-7(10)12)15-4-6-5-16-11(13)19-6/h2-3,5,15H,4H2,1H3. The molecule has 1 aromatic heterocycles. The molecule has 0 spiro atoms. The fourth-order valence-corrected chi connectivity index (χ4v) is 4.37. The van der Waals surface area contributed by atoms with E-state index >= 15 is 0 Å². The van der Waals surface area contributed by atoms with Crippen molar-refractivity contribution in [2.24, 2.45) is 0 Å². The molecule has 0 amide bonds. The Kier molecular flexibility index (Phi) is 4.68. The minimum atomic E-state index is -3.48. The highest BCUT2D eigenvalue weighted by Gasteiger charge is 2.16. The number of sulfone groups is 1. The number of halogens is 3. The summed E-state index contributed by atoms with van der Waals surface area (Å²) in [6.45, 7) is 0.353. The highest BCUT2D eigenvalue weighted by molar-refractivity contribution is 9.10. The summed E-state index contributed by atoms with van der Waals surface area (Å²) < 4.78 is 37.5. The third kappa shape index (κ3) is 3.69. The molecule has 0 atom stereocenters. The van der Waals surface area contributed by atoms with Crippen molar-refractivity contribution in [3.63, 3.8) is 0 Å². The van der Waals surface area contributed by atoms with Crippen LogP contribution >= 0.6 is 38.9 Å². The zero-order valence-corrected chi connectivity index (χ0v) is 14.1. The summed E-state index contributed by atoms with van der Waals surface area (Å²) in [5.74, 6) is -0.635. The lowest BCUT2D eigenvalue weighted by Gasteiger charge is -2.09. The lowest BCUT2D eigenvalue weighted by Crippen LogP contribution is -2.04. The van der Waals surface area contributed by atoms with Crippen LogP contribution in [0.15, 0.2) is 27.7 Å². The van der Waals surface area contributed by atoms with Gasteiger partial charge in [-0.2, -0.15) is 0 Å². The molecule has 2 aromatic rings. The number of anilines is 1. The van der Waals surface area contributed by atoms with Crippen LogP contribution in [0.1, 0.15) is 4.88 Å². The van der Waals surface area contributed by atoms with Crippen molar-refractivity contribution in [2.45, 2.75) is 11.4 Å². The van der Waals surface area contributed by atoms with Gasteiger partial charge in [0.25, 0.3) is 0 Å². The number of hydrogen-bond acceptors (Lipinski definition) is 5. The van der Waals surface area contributed by atoms with E-state index in [0.29, 0.717) is 15.5 Å². The first-order chi connectivity index (χ1) is 9.27. The molecule has 20 heavy (non-hydrogen) atoms. The monoisotopic (exact) mass is 398 g/mol. The minimum absolute atomic E-state index is 0.0821. The van der Waals surface area contributed by atoms with Crippen molar-refractivity contribution in [3.8, 4) is 0 Å². The quantitative estimate of drug-likeness (QED) is 0.851. The van der Waals surface area contributed by atoms with Crippen LogP contribution in [-0.4, -0.2) is 19.7 Å². The molecule has 0 saturated heterocycles. The van der Waals surface area contributed by atoms with Crippen molar-refractivity contribution in [1.82, 2.24) is 4.98 Å². The van der Waals surface area contributed by atoms with Gasteiger partial charge in [0.1, 0.15) is 5.82 Å². The maximum Gasteiger partial charge on any atom is 0.183 e. The molecule has 108 valence electrons. The van der Waals surface area contributed by atoms with E-state index < -0.39 is 15.7 Å². The third-order valence-corrected chi connectivity index (χ3v) is 5.57. The van der Waals surface area contributed by atoms with Crippen LogP contribution in [0.3, 0.4) is 0 Å². The Morgan fingerprint density at radius 2 is 2.20 bits per heavy atom. The molecule has 0 fully saturated rings. The Morgan fingerprint density at radius 3 is 2.75 bits per heavy atom. The molecule has 1 heterocycles. The van der Waals surface area contributed by atoms with E-state index in [0.717, 1.165) is 17.2 Å². The number of aromatic nitrogens is 1. The molecule has 0 saturated carbocycles. The van der Waals surface area contributed by atoms with Gasteiger partial charge < -0.3 is 5.32 Å². The molecule has 0 radical (unpaired) electrons. The Hall–Kier alpha value is -0.700. The van der Waals surface area contributed by atoms with Crippen LogP contribution in [0, 0.1) is 5.82 Å². The van der Waals surface area contributed by atoms with Gasteiger partial charge in [-0.3, -0.25) is 0 Å². The van der Waals surface area contributed by atoms with Crippen LogP contribution < -0.4 is 5.32 Å². The van der Waals surface area contributed by atoms with Crippen LogP contribution in [0.2, 0.25) is 4.47 Å².